The summed E-state index contributed by atoms with van der Waals surface area (Å²) in [7, 11) is 1.37. The summed E-state index contributed by atoms with van der Waals surface area (Å²) in [6.45, 7) is 0. The van der Waals surface area contributed by atoms with E-state index in [0.717, 1.165) is 21.9 Å². The Kier molecular flexibility index (Phi) is 5.19. The highest BCUT2D eigenvalue weighted by atomic mass is 79.9. The first-order valence-corrected chi connectivity index (χ1v) is 5.74. The van der Waals surface area contributed by atoms with Gasteiger partial charge in [0.25, 0.3) is 0 Å². The number of halogens is 1. The standard InChI is InChI=1S/C12H13BrO3/c1-16-12(15)8-9-4-5-10(3-2-6-14)11(13)7-9/h4-7H,2-3,8H2,1H3. The second-order valence-electron chi connectivity index (χ2n) is 3.38. The first kappa shape index (κ1) is 12.9. The number of carbonyl (C=O) groups is 2. The third-order valence-corrected chi connectivity index (χ3v) is 2.96. The minimum atomic E-state index is -0.257. The zero-order valence-electron chi connectivity index (χ0n) is 9.03. The van der Waals surface area contributed by atoms with Crippen molar-refractivity contribution in [2.75, 3.05) is 7.11 Å². The zero-order chi connectivity index (χ0) is 12.0. The van der Waals surface area contributed by atoms with Crippen molar-refractivity contribution in [1.29, 1.82) is 0 Å². The summed E-state index contributed by atoms with van der Waals surface area (Å²) in [5.41, 5.74) is 1.97. The molecule has 0 aliphatic heterocycles. The molecule has 3 nitrogen and oxygen atoms in total. The Bertz CT molecular complexity index is 388. The van der Waals surface area contributed by atoms with Crippen molar-refractivity contribution in [2.24, 2.45) is 0 Å². The van der Waals surface area contributed by atoms with Gasteiger partial charge >= 0.3 is 5.97 Å². The van der Waals surface area contributed by atoms with Gasteiger partial charge in [0.05, 0.1) is 13.5 Å². The van der Waals surface area contributed by atoms with Crippen molar-refractivity contribution in [3.8, 4) is 0 Å². The number of esters is 1. The van der Waals surface area contributed by atoms with Crippen LogP contribution in [0.1, 0.15) is 17.5 Å². The number of ether oxygens (including phenoxy) is 1. The molecule has 0 aromatic heterocycles. The van der Waals surface area contributed by atoms with Gasteiger partial charge in [-0.2, -0.15) is 0 Å². The van der Waals surface area contributed by atoms with Crippen molar-refractivity contribution in [3.63, 3.8) is 0 Å². The molecule has 0 amide bonds. The van der Waals surface area contributed by atoms with E-state index in [1.807, 2.05) is 18.2 Å². The number of benzene rings is 1. The van der Waals surface area contributed by atoms with E-state index in [-0.39, 0.29) is 12.4 Å². The maximum atomic E-state index is 11.1. The Hall–Kier alpha value is -1.16. The molecular weight excluding hydrogens is 272 g/mol. The average Bonchev–Trinajstić information content (AvgIpc) is 2.28. The Morgan fingerprint density at radius 2 is 2.25 bits per heavy atom. The third-order valence-electron chi connectivity index (χ3n) is 2.23. The van der Waals surface area contributed by atoms with E-state index in [1.54, 1.807) is 0 Å². The summed E-state index contributed by atoms with van der Waals surface area (Å²) in [6, 6.07) is 5.69. The highest BCUT2D eigenvalue weighted by molar-refractivity contribution is 9.10. The summed E-state index contributed by atoms with van der Waals surface area (Å²) < 4.78 is 5.52. The minimum absolute atomic E-state index is 0.257. The van der Waals surface area contributed by atoms with Gasteiger partial charge in [-0.05, 0) is 23.6 Å². The van der Waals surface area contributed by atoms with Crippen LogP contribution in [0.4, 0.5) is 0 Å². The molecule has 0 radical (unpaired) electrons. The van der Waals surface area contributed by atoms with Crippen molar-refractivity contribution in [1.82, 2.24) is 0 Å². The number of hydrogen-bond donors (Lipinski definition) is 0. The smallest absolute Gasteiger partial charge is 0.309 e. The molecule has 1 aromatic rings. The fourth-order valence-electron chi connectivity index (χ4n) is 1.36. The maximum absolute atomic E-state index is 11.1. The highest BCUT2D eigenvalue weighted by Gasteiger charge is 2.05. The van der Waals surface area contributed by atoms with E-state index >= 15 is 0 Å². The SMILES string of the molecule is COC(=O)Cc1ccc(CCC=O)c(Br)c1. The molecule has 0 aliphatic rings. The molecular formula is C12H13BrO3. The Morgan fingerprint density at radius 3 is 2.81 bits per heavy atom. The van der Waals surface area contributed by atoms with Crippen LogP contribution < -0.4 is 0 Å². The fourth-order valence-corrected chi connectivity index (χ4v) is 1.98. The van der Waals surface area contributed by atoms with Gasteiger partial charge in [0.15, 0.2) is 0 Å². The first-order chi connectivity index (χ1) is 7.67. The van der Waals surface area contributed by atoms with Gasteiger partial charge in [-0.3, -0.25) is 4.79 Å². The maximum Gasteiger partial charge on any atom is 0.309 e. The lowest BCUT2D eigenvalue weighted by Crippen LogP contribution is -2.04. The molecule has 0 atom stereocenters. The molecule has 0 saturated heterocycles. The summed E-state index contributed by atoms with van der Waals surface area (Å²) in [4.78, 5) is 21.3. The second kappa shape index (κ2) is 6.43. The van der Waals surface area contributed by atoms with Gasteiger partial charge in [-0.1, -0.05) is 28.1 Å². The first-order valence-electron chi connectivity index (χ1n) is 4.95. The van der Waals surface area contributed by atoms with Crippen LogP contribution in [0.2, 0.25) is 0 Å². The summed E-state index contributed by atoms with van der Waals surface area (Å²) in [5.74, 6) is -0.257. The molecule has 0 unspecified atom stereocenters. The van der Waals surface area contributed by atoms with Gasteiger partial charge in [-0.15, -0.1) is 0 Å². The van der Waals surface area contributed by atoms with Crippen LogP contribution >= 0.6 is 15.9 Å². The topological polar surface area (TPSA) is 43.4 Å². The molecule has 0 fully saturated rings. The molecule has 0 heterocycles. The van der Waals surface area contributed by atoms with E-state index in [2.05, 4.69) is 20.7 Å². The van der Waals surface area contributed by atoms with Crippen LogP contribution in [-0.4, -0.2) is 19.4 Å². The van der Waals surface area contributed by atoms with Crippen LogP contribution in [0, 0.1) is 0 Å². The van der Waals surface area contributed by atoms with E-state index in [0.29, 0.717) is 12.8 Å². The van der Waals surface area contributed by atoms with Gasteiger partial charge in [0.1, 0.15) is 6.29 Å². The molecule has 16 heavy (non-hydrogen) atoms. The van der Waals surface area contributed by atoms with Gasteiger partial charge in [0, 0.05) is 10.9 Å². The Morgan fingerprint density at radius 1 is 1.50 bits per heavy atom. The lowest BCUT2D eigenvalue weighted by molar-refractivity contribution is -0.139. The van der Waals surface area contributed by atoms with Crippen LogP contribution in [0.5, 0.6) is 0 Å². The average molecular weight is 285 g/mol. The molecule has 1 aromatic carbocycles. The van der Waals surface area contributed by atoms with Crippen molar-refractivity contribution in [2.45, 2.75) is 19.3 Å². The molecule has 0 N–H and O–H groups in total. The molecule has 0 bridgehead atoms. The van der Waals surface area contributed by atoms with Crippen molar-refractivity contribution in [3.05, 3.63) is 33.8 Å². The Labute approximate surface area is 103 Å². The normalized spacial score (nSPS) is 9.88. The second-order valence-corrected chi connectivity index (χ2v) is 4.24. The number of hydrogen-bond acceptors (Lipinski definition) is 3. The van der Waals surface area contributed by atoms with Gasteiger partial charge < -0.3 is 9.53 Å². The highest BCUT2D eigenvalue weighted by Crippen LogP contribution is 2.20. The number of carbonyl (C=O) groups excluding carboxylic acids is 2. The van der Waals surface area contributed by atoms with Crippen LogP contribution in [-0.2, 0) is 27.2 Å². The molecule has 0 spiro atoms. The van der Waals surface area contributed by atoms with E-state index in [1.165, 1.54) is 7.11 Å². The number of methoxy groups -OCH3 is 1. The zero-order valence-corrected chi connectivity index (χ0v) is 10.6. The molecule has 86 valence electrons. The van der Waals surface area contributed by atoms with Crippen LogP contribution in [0.15, 0.2) is 22.7 Å². The molecule has 0 aliphatic carbocycles. The molecule has 4 heteroatoms. The lowest BCUT2D eigenvalue weighted by atomic mass is 10.1. The number of rotatable bonds is 5. The van der Waals surface area contributed by atoms with E-state index in [4.69, 9.17) is 0 Å². The molecule has 1 rings (SSSR count). The Balaban J connectivity index is 2.74. The lowest BCUT2D eigenvalue weighted by Gasteiger charge is -2.05. The minimum Gasteiger partial charge on any atom is -0.469 e. The molecule has 0 saturated carbocycles. The van der Waals surface area contributed by atoms with Gasteiger partial charge in [-0.25, -0.2) is 0 Å². The number of aryl methyl sites for hydroxylation is 1. The summed E-state index contributed by atoms with van der Waals surface area (Å²) in [6.07, 6.45) is 2.38. The summed E-state index contributed by atoms with van der Waals surface area (Å²) >= 11 is 3.42. The van der Waals surface area contributed by atoms with Gasteiger partial charge in [0.2, 0.25) is 0 Å². The van der Waals surface area contributed by atoms with Crippen LogP contribution in [0.25, 0.3) is 0 Å². The van der Waals surface area contributed by atoms with E-state index < -0.39 is 0 Å². The third kappa shape index (κ3) is 3.77. The monoisotopic (exact) mass is 284 g/mol. The predicted octanol–water partition coefficient (Wildman–Crippen LogP) is 2.30. The summed E-state index contributed by atoms with van der Waals surface area (Å²) in [5, 5.41) is 0. The fraction of sp³-hybridized carbons (Fsp3) is 0.333. The quantitative estimate of drug-likeness (QED) is 0.616. The van der Waals surface area contributed by atoms with Crippen molar-refractivity contribution >= 4 is 28.2 Å². The largest absolute Gasteiger partial charge is 0.469 e. The van der Waals surface area contributed by atoms with E-state index in [9.17, 15) is 9.59 Å². The van der Waals surface area contributed by atoms with Crippen molar-refractivity contribution < 1.29 is 14.3 Å². The predicted molar refractivity (Wildman–Crippen MR) is 64.2 cm³/mol. The number of aldehydes is 1. The van der Waals surface area contributed by atoms with Crippen LogP contribution in [0.3, 0.4) is 0 Å².